The zero-order valence-corrected chi connectivity index (χ0v) is 34.9. The van der Waals surface area contributed by atoms with Gasteiger partial charge in [-0.2, -0.15) is 0 Å². The molecule has 5 unspecified atom stereocenters. The third kappa shape index (κ3) is 5.29. The summed E-state index contributed by atoms with van der Waals surface area (Å²) in [4.78, 5) is 2.61. The summed E-state index contributed by atoms with van der Waals surface area (Å²) >= 11 is 0. The number of hydrogen-bond acceptors (Lipinski definition) is 2. The standard InChI is InChI=1S/C58H48N2O/c1-38-26-30-51-47(33-38)45-29-27-44(36-52(45)58(51,40-17-7-4-8-18-40)41-19-9-5-10-20-41)59(55-37-56-49(34-39(55)2)50-24-15-16-32-57(50,3)61-56)43-28-31-54-48(35-43)46-23-13-14-25-53(46)60(54)42-21-11-6-12-22-42/h4-32,34-39,50,55H,33H2,1-3H3. The van der Waals surface area contributed by atoms with E-state index < -0.39 is 11.0 Å². The Labute approximate surface area is 358 Å². The molecule has 5 aliphatic rings. The highest BCUT2D eigenvalue weighted by Gasteiger charge is 2.49. The van der Waals surface area contributed by atoms with E-state index in [1.54, 1.807) is 0 Å². The Kier molecular flexibility index (Phi) is 8.03. The van der Waals surface area contributed by atoms with E-state index in [0.29, 0.717) is 5.92 Å². The molecule has 0 N–H and O–H groups in total. The summed E-state index contributed by atoms with van der Waals surface area (Å²) in [6, 6.07) is 56.5. The number of allylic oxidation sites excluding steroid dienone is 7. The molecule has 0 spiro atoms. The Morgan fingerprint density at radius 1 is 0.656 bits per heavy atom. The highest BCUT2D eigenvalue weighted by atomic mass is 16.5. The first-order valence-electron chi connectivity index (χ1n) is 22.0. The molecule has 5 atom stereocenters. The van der Waals surface area contributed by atoms with Gasteiger partial charge in [0.2, 0.25) is 0 Å². The largest absolute Gasteiger partial charge is 0.482 e. The highest BCUT2D eigenvalue weighted by molar-refractivity contribution is 6.10. The number of rotatable bonds is 6. The highest BCUT2D eigenvalue weighted by Crippen LogP contribution is 2.59. The van der Waals surface area contributed by atoms with Crippen molar-refractivity contribution in [2.75, 3.05) is 4.90 Å². The molecule has 3 heteroatoms. The van der Waals surface area contributed by atoms with E-state index in [9.17, 15) is 0 Å². The monoisotopic (exact) mass is 788 g/mol. The lowest BCUT2D eigenvalue weighted by molar-refractivity contribution is 0.0828. The quantitative estimate of drug-likeness (QED) is 0.167. The van der Waals surface area contributed by atoms with E-state index in [-0.39, 0.29) is 17.9 Å². The predicted molar refractivity (Wildman–Crippen MR) is 252 cm³/mol. The average molecular weight is 789 g/mol. The number of hydrogen-bond donors (Lipinski definition) is 0. The van der Waals surface area contributed by atoms with Crippen LogP contribution in [0.25, 0.3) is 33.1 Å². The van der Waals surface area contributed by atoms with Gasteiger partial charge in [0, 0.05) is 39.3 Å². The van der Waals surface area contributed by atoms with Gasteiger partial charge in [-0.1, -0.05) is 153 Å². The molecule has 1 saturated heterocycles. The number of aromatic nitrogens is 1. The number of nitrogens with zero attached hydrogens (tertiary/aromatic N) is 2. The molecule has 3 nitrogen and oxygen atoms in total. The molecule has 0 saturated carbocycles. The number of benzene rings is 6. The summed E-state index contributed by atoms with van der Waals surface area (Å²) in [7, 11) is 0. The van der Waals surface area contributed by atoms with Crippen LogP contribution in [0.2, 0.25) is 0 Å². The molecule has 296 valence electrons. The van der Waals surface area contributed by atoms with Gasteiger partial charge in [-0.15, -0.1) is 0 Å². The maximum atomic E-state index is 6.94. The molecule has 0 amide bonds. The van der Waals surface area contributed by atoms with Crippen molar-refractivity contribution < 1.29 is 4.74 Å². The van der Waals surface area contributed by atoms with Gasteiger partial charge in [0.15, 0.2) is 0 Å². The topological polar surface area (TPSA) is 17.4 Å². The number of fused-ring (bicyclic) bond motifs is 8. The summed E-state index contributed by atoms with van der Waals surface area (Å²) in [5, 5.41) is 2.48. The zero-order chi connectivity index (χ0) is 40.9. The number of ether oxygens (including phenoxy) is 1. The van der Waals surface area contributed by atoms with Gasteiger partial charge in [0.25, 0.3) is 0 Å². The minimum Gasteiger partial charge on any atom is -0.482 e. The Balaban J connectivity index is 1.11. The molecule has 12 rings (SSSR count). The second kappa shape index (κ2) is 13.6. The fourth-order valence-corrected chi connectivity index (χ4v) is 11.5. The minimum atomic E-state index is -0.472. The summed E-state index contributed by atoms with van der Waals surface area (Å²) in [6.45, 7) is 6.95. The van der Waals surface area contributed by atoms with Crippen LogP contribution in [-0.2, 0) is 10.2 Å². The van der Waals surface area contributed by atoms with E-state index >= 15 is 0 Å². The summed E-state index contributed by atoms with van der Waals surface area (Å²) in [5.74, 6) is 1.86. The van der Waals surface area contributed by atoms with Crippen LogP contribution < -0.4 is 4.90 Å². The predicted octanol–water partition coefficient (Wildman–Crippen LogP) is 14.0. The van der Waals surface area contributed by atoms with Crippen molar-refractivity contribution in [2.45, 2.75) is 44.2 Å². The Bertz CT molecular complexity index is 3050. The molecular formula is C58H48N2O. The molecule has 1 fully saturated rings. The van der Waals surface area contributed by atoms with Crippen LogP contribution in [0, 0.1) is 17.8 Å². The second-order valence-corrected chi connectivity index (χ2v) is 17.9. The van der Waals surface area contributed by atoms with Crippen LogP contribution in [0.3, 0.4) is 0 Å². The molecule has 4 aliphatic carbocycles. The third-order valence-electron chi connectivity index (χ3n) is 14.2. The van der Waals surface area contributed by atoms with Crippen LogP contribution in [0.4, 0.5) is 11.4 Å². The van der Waals surface area contributed by atoms with E-state index in [4.69, 9.17) is 4.74 Å². The molecule has 6 aromatic carbocycles. The molecule has 61 heavy (non-hydrogen) atoms. The van der Waals surface area contributed by atoms with Gasteiger partial charge in [0.05, 0.1) is 22.5 Å². The van der Waals surface area contributed by atoms with Gasteiger partial charge >= 0.3 is 0 Å². The fourth-order valence-electron chi connectivity index (χ4n) is 11.5. The maximum absolute atomic E-state index is 6.94. The average Bonchev–Trinajstić information content (AvgIpc) is 3.89. The molecule has 2 heterocycles. The van der Waals surface area contributed by atoms with E-state index in [1.807, 2.05) is 0 Å². The molecule has 1 aliphatic heterocycles. The first-order valence-corrected chi connectivity index (χ1v) is 22.0. The van der Waals surface area contributed by atoms with E-state index in [1.165, 1.54) is 66.5 Å². The molecular weight excluding hydrogens is 741 g/mol. The van der Waals surface area contributed by atoms with Crippen molar-refractivity contribution in [3.05, 3.63) is 239 Å². The SMILES string of the molecule is CC1C=CC2=C(C1)c1ccc(N(c3ccc4c(c3)c3ccccc3n4-c3ccccc3)C3C=C4OC5(C)C=CC=CC5C4=CC3C)cc1C2(c1ccccc1)c1ccccc1. The third-order valence-corrected chi connectivity index (χ3v) is 14.2. The van der Waals surface area contributed by atoms with E-state index in [0.717, 1.165) is 23.6 Å². The molecule has 0 bridgehead atoms. The number of anilines is 2. The first kappa shape index (κ1) is 36.0. The lowest BCUT2D eigenvalue weighted by atomic mass is 9.66. The molecule has 1 aromatic heterocycles. The summed E-state index contributed by atoms with van der Waals surface area (Å²) in [6.07, 6.45) is 19.6. The van der Waals surface area contributed by atoms with Crippen LogP contribution in [-0.4, -0.2) is 16.2 Å². The number of para-hydroxylation sites is 2. The van der Waals surface area contributed by atoms with Gasteiger partial charge in [-0.25, -0.2) is 0 Å². The normalized spacial score (nSPS) is 24.2. The van der Waals surface area contributed by atoms with Crippen LogP contribution in [0.5, 0.6) is 0 Å². The first-order chi connectivity index (χ1) is 29.9. The van der Waals surface area contributed by atoms with Crippen LogP contribution in [0.15, 0.2) is 217 Å². The summed E-state index contributed by atoms with van der Waals surface area (Å²) < 4.78 is 9.35. The van der Waals surface area contributed by atoms with Crippen molar-refractivity contribution in [1.82, 2.24) is 4.57 Å². The molecule has 0 radical (unpaired) electrons. The van der Waals surface area contributed by atoms with Gasteiger partial charge in [0.1, 0.15) is 11.4 Å². The van der Waals surface area contributed by atoms with Crippen molar-refractivity contribution in [1.29, 1.82) is 0 Å². The van der Waals surface area contributed by atoms with Crippen LogP contribution in [0.1, 0.15) is 49.4 Å². The zero-order valence-electron chi connectivity index (χ0n) is 34.9. The van der Waals surface area contributed by atoms with Gasteiger partial charge in [-0.3, -0.25) is 0 Å². The Hall–Kier alpha value is -6.84. The Morgan fingerprint density at radius 3 is 2.10 bits per heavy atom. The van der Waals surface area contributed by atoms with Crippen molar-refractivity contribution >= 4 is 38.8 Å². The summed E-state index contributed by atoms with van der Waals surface area (Å²) in [5.41, 5.74) is 14.5. The fraction of sp³-hybridized carbons (Fsp3) is 0.172. The van der Waals surface area contributed by atoms with Gasteiger partial charge < -0.3 is 14.2 Å². The minimum absolute atomic E-state index is 0.0137. The molecule has 7 aromatic rings. The van der Waals surface area contributed by atoms with Crippen molar-refractivity contribution in [2.24, 2.45) is 17.8 Å². The maximum Gasteiger partial charge on any atom is 0.135 e. The van der Waals surface area contributed by atoms with Crippen molar-refractivity contribution in [3.63, 3.8) is 0 Å². The lowest BCUT2D eigenvalue weighted by Gasteiger charge is -2.39. The van der Waals surface area contributed by atoms with Crippen molar-refractivity contribution in [3.8, 4) is 5.69 Å². The van der Waals surface area contributed by atoms with Gasteiger partial charge in [-0.05, 0) is 119 Å². The smallest absolute Gasteiger partial charge is 0.135 e. The van der Waals surface area contributed by atoms with Crippen LogP contribution >= 0.6 is 0 Å². The van der Waals surface area contributed by atoms with E-state index in [2.05, 4.69) is 231 Å². The second-order valence-electron chi connectivity index (χ2n) is 17.9. The lowest BCUT2D eigenvalue weighted by Crippen LogP contribution is -2.37. The Morgan fingerprint density at radius 2 is 1.33 bits per heavy atom.